The van der Waals surface area contributed by atoms with Crippen molar-refractivity contribution in [2.45, 2.75) is 31.8 Å². The number of aryl methyl sites for hydroxylation is 2. The van der Waals surface area contributed by atoms with E-state index >= 15 is 0 Å². The number of para-hydroxylation sites is 1. The normalized spacial score (nSPS) is 12.0. The highest BCUT2D eigenvalue weighted by Crippen LogP contribution is 2.19. The summed E-state index contributed by atoms with van der Waals surface area (Å²) in [7, 11) is -3.88. The molecule has 0 saturated heterocycles. The fourth-order valence-corrected chi connectivity index (χ4v) is 3.08. The van der Waals surface area contributed by atoms with Gasteiger partial charge >= 0.3 is 5.97 Å². The van der Waals surface area contributed by atoms with Crippen LogP contribution in [0.5, 0.6) is 0 Å². The smallest absolute Gasteiger partial charge is 0.338 e. The molecule has 0 spiro atoms. The Balaban J connectivity index is 1.88. The molecule has 0 aliphatic heterocycles. The van der Waals surface area contributed by atoms with Crippen LogP contribution in [0.3, 0.4) is 0 Å². The second kappa shape index (κ2) is 9.51. The van der Waals surface area contributed by atoms with Crippen molar-refractivity contribution in [3.8, 4) is 0 Å². The Morgan fingerprint density at radius 2 is 1.60 bits per heavy atom. The van der Waals surface area contributed by atoms with Crippen LogP contribution in [-0.2, 0) is 24.3 Å². The number of carbonyl (C=O) groups excluding carboxylic acids is 3. The summed E-state index contributed by atoms with van der Waals surface area (Å²) in [6, 6.07) is 10.4. The van der Waals surface area contributed by atoms with Gasteiger partial charge in [0.05, 0.1) is 17.0 Å². The Hall–Kier alpha value is -3.24. The number of primary sulfonamides is 1. The van der Waals surface area contributed by atoms with Crippen LogP contribution in [0.25, 0.3) is 0 Å². The van der Waals surface area contributed by atoms with Crippen LogP contribution >= 0.6 is 0 Å². The zero-order valence-corrected chi connectivity index (χ0v) is 17.6. The van der Waals surface area contributed by atoms with Gasteiger partial charge in [-0.05, 0) is 56.2 Å². The van der Waals surface area contributed by atoms with Crippen LogP contribution in [0, 0.1) is 13.8 Å². The minimum absolute atomic E-state index is 0.0508. The summed E-state index contributed by atoms with van der Waals surface area (Å²) in [6.45, 7) is 4.78. The third-order valence-electron chi connectivity index (χ3n) is 4.24. The van der Waals surface area contributed by atoms with Gasteiger partial charge in [-0.2, -0.15) is 0 Å². The number of ether oxygens (including phenoxy) is 1. The second-order valence-corrected chi connectivity index (χ2v) is 8.21. The molecule has 9 nitrogen and oxygen atoms in total. The second-order valence-electron chi connectivity index (χ2n) is 6.65. The van der Waals surface area contributed by atoms with Crippen LogP contribution in [0.2, 0.25) is 0 Å². The van der Waals surface area contributed by atoms with Gasteiger partial charge in [-0.1, -0.05) is 18.2 Å². The highest BCUT2D eigenvalue weighted by molar-refractivity contribution is 7.89. The molecule has 2 aromatic carbocycles. The molecular formula is C20H23N3O6S. The van der Waals surface area contributed by atoms with E-state index in [1.54, 1.807) is 0 Å². The van der Waals surface area contributed by atoms with Gasteiger partial charge in [-0.3, -0.25) is 9.59 Å². The maximum Gasteiger partial charge on any atom is 0.338 e. The maximum absolute atomic E-state index is 12.1. The Bertz CT molecular complexity index is 1040. The number of carbonyl (C=O) groups is 3. The summed E-state index contributed by atoms with van der Waals surface area (Å²) in [6.07, 6.45) is -1.16. The van der Waals surface area contributed by atoms with Crippen LogP contribution < -0.4 is 15.8 Å². The molecule has 0 saturated carbocycles. The summed E-state index contributed by atoms with van der Waals surface area (Å²) < 4.78 is 27.5. The predicted molar refractivity (Wildman–Crippen MR) is 110 cm³/mol. The highest BCUT2D eigenvalue weighted by atomic mass is 32.2. The highest BCUT2D eigenvalue weighted by Gasteiger charge is 2.20. The molecule has 0 aliphatic rings. The number of sulfonamides is 1. The van der Waals surface area contributed by atoms with Crippen LogP contribution in [0.4, 0.5) is 5.69 Å². The molecule has 0 fully saturated rings. The van der Waals surface area contributed by atoms with E-state index in [1.165, 1.54) is 19.1 Å². The zero-order chi connectivity index (χ0) is 22.5. The first-order valence-corrected chi connectivity index (χ1v) is 10.5. The predicted octanol–water partition coefficient (Wildman–Crippen LogP) is 1.25. The molecule has 2 aromatic rings. The Morgan fingerprint density at radius 3 is 2.13 bits per heavy atom. The van der Waals surface area contributed by atoms with Gasteiger partial charge in [0.15, 0.2) is 6.10 Å². The summed E-state index contributed by atoms with van der Waals surface area (Å²) >= 11 is 0. The van der Waals surface area contributed by atoms with Crippen LogP contribution in [-0.4, -0.2) is 38.9 Å². The average molecular weight is 433 g/mol. The third kappa shape index (κ3) is 6.13. The molecule has 2 amide bonds. The molecule has 1 atom stereocenters. The molecular weight excluding hydrogens is 410 g/mol. The number of esters is 1. The lowest BCUT2D eigenvalue weighted by atomic mass is 10.1. The number of benzene rings is 2. The summed E-state index contributed by atoms with van der Waals surface area (Å²) in [5, 5.41) is 10.1. The monoisotopic (exact) mass is 433 g/mol. The Morgan fingerprint density at radius 1 is 1.03 bits per heavy atom. The fraction of sp³-hybridized carbons (Fsp3) is 0.250. The SMILES string of the molecule is Cc1cccc(C)c1NC(=O)CNC(=O)C(C)OC(=O)c1ccc(S(N)(=O)=O)cc1. The van der Waals surface area contributed by atoms with Crippen molar-refractivity contribution in [1.82, 2.24) is 5.32 Å². The molecule has 10 heteroatoms. The molecule has 0 bridgehead atoms. The van der Waals surface area contributed by atoms with E-state index in [-0.39, 0.29) is 17.0 Å². The molecule has 0 aliphatic carbocycles. The molecule has 160 valence electrons. The molecule has 4 N–H and O–H groups in total. The lowest BCUT2D eigenvalue weighted by Crippen LogP contribution is -2.40. The summed E-state index contributed by atoms with van der Waals surface area (Å²) in [5.41, 5.74) is 2.52. The van der Waals surface area contributed by atoms with E-state index in [4.69, 9.17) is 9.88 Å². The molecule has 0 heterocycles. The lowest BCUT2D eigenvalue weighted by molar-refractivity contribution is -0.130. The average Bonchev–Trinajstić information content (AvgIpc) is 2.68. The van der Waals surface area contributed by atoms with Crippen LogP contribution in [0.15, 0.2) is 47.4 Å². The van der Waals surface area contributed by atoms with Crippen molar-refractivity contribution < 1.29 is 27.5 Å². The third-order valence-corrected chi connectivity index (χ3v) is 5.17. The van der Waals surface area contributed by atoms with Gasteiger partial charge in [0.1, 0.15) is 0 Å². The number of nitrogens with one attached hydrogen (secondary N) is 2. The van der Waals surface area contributed by atoms with Crippen LogP contribution in [0.1, 0.15) is 28.4 Å². The number of amides is 2. The standard InChI is InChI=1S/C20H23N3O6S/c1-12-5-4-6-13(2)18(12)23-17(24)11-22-19(25)14(3)29-20(26)15-7-9-16(10-8-15)30(21,27)28/h4-10,14H,11H2,1-3H3,(H,22,25)(H,23,24)(H2,21,27,28). The number of nitrogens with two attached hydrogens (primary N) is 1. The number of anilines is 1. The number of hydrogen-bond acceptors (Lipinski definition) is 6. The van der Waals surface area contributed by atoms with Crippen molar-refractivity contribution >= 4 is 33.5 Å². The molecule has 30 heavy (non-hydrogen) atoms. The first-order chi connectivity index (χ1) is 14.0. The van der Waals surface area contributed by atoms with Gasteiger partial charge in [0.25, 0.3) is 5.91 Å². The van der Waals surface area contributed by atoms with Gasteiger partial charge in [0.2, 0.25) is 15.9 Å². The summed E-state index contributed by atoms with van der Waals surface area (Å²) in [4.78, 5) is 36.2. The van der Waals surface area contributed by atoms with Gasteiger partial charge in [0, 0.05) is 5.69 Å². The molecule has 0 radical (unpaired) electrons. The van der Waals surface area contributed by atoms with Gasteiger partial charge < -0.3 is 15.4 Å². The van der Waals surface area contributed by atoms with Crippen molar-refractivity contribution in [3.63, 3.8) is 0 Å². The largest absolute Gasteiger partial charge is 0.449 e. The van der Waals surface area contributed by atoms with E-state index in [0.29, 0.717) is 5.69 Å². The topological polar surface area (TPSA) is 145 Å². The Kier molecular flexibility index (Phi) is 7.30. The lowest BCUT2D eigenvalue weighted by Gasteiger charge is -2.15. The van der Waals surface area contributed by atoms with Crippen molar-refractivity contribution in [2.24, 2.45) is 5.14 Å². The molecule has 1 unspecified atom stereocenters. The first-order valence-electron chi connectivity index (χ1n) is 8.96. The first kappa shape index (κ1) is 23.0. The Labute approximate surface area is 174 Å². The van der Waals surface area contributed by atoms with Crippen molar-refractivity contribution in [2.75, 3.05) is 11.9 Å². The van der Waals surface area contributed by atoms with E-state index in [1.807, 2.05) is 32.0 Å². The van der Waals surface area contributed by atoms with E-state index < -0.39 is 33.9 Å². The minimum atomic E-state index is -3.88. The zero-order valence-electron chi connectivity index (χ0n) is 16.8. The number of hydrogen-bond donors (Lipinski definition) is 3. The van der Waals surface area contributed by atoms with Crippen molar-refractivity contribution in [1.29, 1.82) is 0 Å². The van der Waals surface area contributed by atoms with E-state index in [9.17, 15) is 22.8 Å². The van der Waals surface area contributed by atoms with E-state index in [2.05, 4.69) is 10.6 Å². The van der Waals surface area contributed by atoms with Crippen molar-refractivity contribution in [3.05, 3.63) is 59.2 Å². The fourth-order valence-electron chi connectivity index (χ4n) is 2.57. The minimum Gasteiger partial charge on any atom is -0.449 e. The summed E-state index contributed by atoms with van der Waals surface area (Å²) in [5.74, 6) is -1.89. The molecule has 2 rings (SSSR count). The van der Waals surface area contributed by atoms with Gasteiger partial charge in [-0.15, -0.1) is 0 Å². The molecule has 0 aromatic heterocycles. The maximum atomic E-state index is 12.1. The quantitative estimate of drug-likeness (QED) is 0.561. The van der Waals surface area contributed by atoms with E-state index in [0.717, 1.165) is 23.3 Å². The van der Waals surface area contributed by atoms with Gasteiger partial charge in [-0.25, -0.2) is 18.4 Å². The number of rotatable bonds is 7.